The van der Waals surface area contributed by atoms with Crippen LogP contribution in [0.1, 0.15) is 13.3 Å². The third-order valence-corrected chi connectivity index (χ3v) is 2.87. The van der Waals surface area contributed by atoms with Crippen molar-refractivity contribution in [1.29, 1.82) is 0 Å². The van der Waals surface area contributed by atoms with E-state index in [9.17, 15) is 0 Å². The van der Waals surface area contributed by atoms with Gasteiger partial charge in [-0.2, -0.15) is 0 Å². The minimum Gasteiger partial charge on any atom is -0.387 e. The topological polar surface area (TPSA) is 38.4 Å². The van der Waals surface area contributed by atoms with Crippen LogP contribution >= 0.6 is 0 Å². The van der Waals surface area contributed by atoms with Crippen LogP contribution in [-0.4, -0.2) is 11.9 Å². The Balaban J connectivity index is 2.17. The maximum atomic E-state index is 5.67. The second-order valence-corrected chi connectivity index (χ2v) is 3.68. The lowest BCUT2D eigenvalue weighted by atomic mass is 9.98. The van der Waals surface area contributed by atoms with Crippen molar-refractivity contribution < 1.29 is 0 Å². The van der Waals surface area contributed by atoms with Crippen molar-refractivity contribution in [2.75, 3.05) is 0 Å². The van der Waals surface area contributed by atoms with E-state index in [-0.39, 0.29) is 0 Å². The summed E-state index contributed by atoms with van der Waals surface area (Å²) < 4.78 is 0. The summed E-state index contributed by atoms with van der Waals surface area (Å²) in [7, 11) is 0. The molecular formula is C9H14N2. The molecule has 2 aliphatic rings. The Hall–Kier alpha value is -0.790. The van der Waals surface area contributed by atoms with E-state index in [2.05, 4.69) is 18.5 Å². The molecule has 1 fully saturated rings. The van der Waals surface area contributed by atoms with Gasteiger partial charge in [0.1, 0.15) is 0 Å². The minimum atomic E-state index is 0.483. The number of hydrogen-bond acceptors (Lipinski definition) is 2. The molecule has 60 valence electrons. The standard InChI is InChI=1S/C9H14N2/c1-3-6-8-5(2)4-7(10)11-9(6)8/h3,5-6,8-9H,1,4H2,2H3,(H2,10,11)/t5-,6-,8-,9+/m0/s1. The highest BCUT2D eigenvalue weighted by Crippen LogP contribution is 2.51. The Morgan fingerprint density at radius 3 is 3.09 bits per heavy atom. The van der Waals surface area contributed by atoms with E-state index in [1.807, 2.05) is 6.08 Å². The first-order valence-corrected chi connectivity index (χ1v) is 4.18. The normalized spacial score (nSPS) is 47.5. The van der Waals surface area contributed by atoms with Crippen molar-refractivity contribution in [2.45, 2.75) is 19.4 Å². The van der Waals surface area contributed by atoms with E-state index >= 15 is 0 Å². The number of nitrogens with two attached hydrogens (primary N) is 1. The Bertz CT molecular complexity index is 220. The fourth-order valence-corrected chi connectivity index (χ4v) is 2.24. The monoisotopic (exact) mass is 150 g/mol. The van der Waals surface area contributed by atoms with Gasteiger partial charge in [-0.3, -0.25) is 4.99 Å². The van der Waals surface area contributed by atoms with Gasteiger partial charge in [-0.05, 0) is 11.8 Å². The Morgan fingerprint density at radius 2 is 2.45 bits per heavy atom. The van der Waals surface area contributed by atoms with Crippen LogP contribution in [0.3, 0.4) is 0 Å². The molecule has 4 atom stereocenters. The molecular weight excluding hydrogens is 136 g/mol. The molecule has 11 heavy (non-hydrogen) atoms. The van der Waals surface area contributed by atoms with Crippen LogP contribution in [0.2, 0.25) is 0 Å². The van der Waals surface area contributed by atoms with E-state index in [1.54, 1.807) is 0 Å². The van der Waals surface area contributed by atoms with Crippen molar-refractivity contribution in [2.24, 2.45) is 28.5 Å². The van der Waals surface area contributed by atoms with E-state index in [4.69, 9.17) is 5.73 Å². The number of amidine groups is 1. The lowest BCUT2D eigenvalue weighted by molar-refractivity contribution is 0.488. The Labute approximate surface area is 67.2 Å². The van der Waals surface area contributed by atoms with Crippen LogP contribution < -0.4 is 5.73 Å². The summed E-state index contributed by atoms with van der Waals surface area (Å²) in [5.74, 6) is 2.91. The minimum absolute atomic E-state index is 0.483. The maximum Gasteiger partial charge on any atom is 0.0943 e. The quantitative estimate of drug-likeness (QED) is 0.560. The molecule has 1 heterocycles. The average molecular weight is 150 g/mol. The Morgan fingerprint density at radius 1 is 1.73 bits per heavy atom. The van der Waals surface area contributed by atoms with Crippen molar-refractivity contribution in [1.82, 2.24) is 0 Å². The van der Waals surface area contributed by atoms with Crippen LogP contribution in [-0.2, 0) is 0 Å². The van der Waals surface area contributed by atoms with Crippen LogP contribution in [0.5, 0.6) is 0 Å². The smallest absolute Gasteiger partial charge is 0.0943 e. The van der Waals surface area contributed by atoms with E-state index in [1.165, 1.54) is 0 Å². The highest BCUT2D eigenvalue weighted by atomic mass is 15.0. The molecule has 0 saturated heterocycles. The van der Waals surface area contributed by atoms with Crippen molar-refractivity contribution in [3.05, 3.63) is 12.7 Å². The highest BCUT2D eigenvalue weighted by Gasteiger charge is 2.53. The molecule has 2 N–H and O–H groups in total. The first kappa shape index (κ1) is 6.89. The molecule has 1 aliphatic heterocycles. The lowest BCUT2D eigenvalue weighted by Gasteiger charge is -2.13. The summed E-state index contributed by atoms with van der Waals surface area (Å²) >= 11 is 0. The van der Waals surface area contributed by atoms with Gasteiger partial charge in [0, 0.05) is 12.3 Å². The fraction of sp³-hybridized carbons (Fsp3) is 0.667. The van der Waals surface area contributed by atoms with Crippen LogP contribution in [0, 0.1) is 17.8 Å². The molecule has 0 amide bonds. The number of aliphatic imine (C=N–C) groups is 1. The summed E-state index contributed by atoms with van der Waals surface area (Å²) in [6.07, 6.45) is 3.00. The Kier molecular flexibility index (Phi) is 1.31. The van der Waals surface area contributed by atoms with Crippen molar-refractivity contribution in [3.63, 3.8) is 0 Å². The number of nitrogens with zero attached hydrogens (tertiary/aromatic N) is 1. The van der Waals surface area contributed by atoms with Crippen molar-refractivity contribution in [3.8, 4) is 0 Å². The molecule has 0 aromatic heterocycles. The maximum absolute atomic E-state index is 5.67. The number of rotatable bonds is 1. The summed E-state index contributed by atoms with van der Waals surface area (Å²) in [6, 6.07) is 0.483. The average Bonchev–Trinajstić information content (AvgIpc) is 2.61. The highest BCUT2D eigenvalue weighted by molar-refractivity contribution is 5.82. The summed E-state index contributed by atoms with van der Waals surface area (Å²) in [4.78, 5) is 4.38. The van der Waals surface area contributed by atoms with Gasteiger partial charge in [0.2, 0.25) is 0 Å². The van der Waals surface area contributed by atoms with Gasteiger partial charge in [0.25, 0.3) is 0 Å². The van der Waals surface area contributed by atoms with E-state index < -0.39 is 0 Å². The van der Waals surface area contributed by atoms with Crippen LogP contribution in [0.25, 0.3) is 0 Å². The zero-order chi connectivity index (χ0) is 8.01. The second kappa shape index (κ2) is 2.10. The van der Waals surface area contributed by atoms with E-state index in [0.717, 1.165) is 18.2 Å². The lowest BCUT2D eigenvalue weighted by Crippen LogP contribution is -2.22. The molecule has 1 aliphatic carbocycles. The summed E-state index contributed by atoms with van der Waals surface area (Å²) in [6.45, 7) is 6.05. The zero-order valence-electron chi connectivity index (χ0n) is 6.83. The SMILES string of the molecule is C=C[C@@H]1[C@H]2N=C(N)C[C@H](C)[C@@H]12. The molecule has 0 bridgehead atoms. The molecule has 0 spiro atoms. The fourth-order valence-electron chi connectivity index (χ4n) is 2.24. The first-order chi connectivity index (χ1) is 5.24. The van der Waals surface area contributed by atoms with Crippen LogP contribution in [0.4, 0.5) is 0 Å². The molecule has 2 nitrogen and oxygen atoms in total. The third kappa shape index (κ3) is 0.889. The summed E-state index contributed by atoms with van der Waals surface area (Å²) in [5, 5.41) is 0. The van der Waals surface area contributed by atoms with Crippen molar-refractivity contribution >= 4 is 5.84 Å². The van der Waals surface area contributed by atoms with Gasteiger partial charge < -0.3 is 5.73 Å². The molecule has 0 radical (unpaired) electrons. The molecule has 0 aromatic carbocycles. The number of hydrogen-bond donors (Lipinski definition) is 1. The molecule has 1 saturated carbocycles. The third-order valence-electron chi connectivity index (χ3n) is 2.87. The van der Waals surface area contributed by atoms with Gasteiger partial charge in [-0.25, -0.2) is 0 Å². The van der Waals surface area contributed by atoms with Gasteiger partial charge in [0.15, 0.2) is 0 Å². The first-order valence-electron chi connectivity index (χ1n) is 4.18. The van der Waals surface area contributed by atoms with Gasteiger partial charge in [0.05, 0.1) is 11.9 Å². The zero-order valence-corrected chi connectivity index (χ0v) is 6.83. The molecule has 0 unspecified atom stereocenters. The summed E-state index contributed by atoms with van der Waals surface area (Å²) in [5.41, 5.74) is 5.67. The number of fused-ring (bicyclic) bond motifs is 1. The molecule has 2 heteroatoms. The molecule has 2 rings (SSSR count). The second-order valence-electron chi connectivity index (χ2n) is 3.68. The van der Waals surface area contributed by atoms with E-state index in [0.29, 0.717) is 17.9 Å². The predicted molar refractivity (Wildman–Crippen MR) is 46.4 cm³/mol. The van der Waals surface area contributed by atoms with Gasteiger partial charge in [-0.1, -0.05) is 13.0 Å². The van der Waals surface area contributed by atoms with Crippen LogP contribution in [0.15, 0.2) is 17.6 Å². The predicted octanol–water partition coefficient (Wildman–Crippen LogP) is 1.18. The van der Waals surface area contributed by atoms with Gasteiger partial charge in [-0.15, -0.1) is 6.58 Å². The largest absolute Gasteiger partial charge is 0.387 e. The molecule has 0 aromatic rings. The van der Waals surface area contributed by atoms with Gasteiger partial charge >= 0.3 is 0 Å².